The number of likely N-dealkylation sites (tertiary alicyclic amines) is 1. The summed E-state index contributed by atoms with van der Waals surface area (Å²) in [5.74, 6) is 0.106. The van der Waals surface area contributed by atoms with E-state index in [9.17, 15) is 4.79 Å². The van der Waals surface area contributed by atoms with Crippen molar-refractivity contribution in [2.24, 2.45) is 5.73 Å². The molecular weight excluding hydrogens is 240 g/mol. The van der Waals surface area contributed by atoms with E-state index in [1.807, 2.05) is 4.90 Å². The zero-order valence-electron chi connectivity index (χ0n) is 12.3. The Morgan fingerprint density at radius 3 is 2.47 bits per heavy atom. The highest BCUT2D eigenvalue weighted by molar-refractivity contribution is 5.78. The fraction of sp³-hybridized carbons (Fsp3) is 0.929. The molecule has 0 spiro atoms. The lowest BCUT2D eigenvalue weighted by atomic mass is 10.00. The van der Waals surface area contributed by atoms with E-state index in [0.717, 1.165) is 26.1 Å². The lowest BCUT2D eigenvalue weighted by Crippen LogP contribution is -2.59. The van der Waals surface area contributed by atoms with Crippen LogP contribution in [-0.4, -0.2) is 79.0 Å². The molecule has 0 aliphatic carbocycles. The maximum Gasteiger partial charge on any atom is 0.236 e. The third-order valence-electron chi connectivity index (χ3n) is 4.68. The van der Waals surface area contributed by atoms with Crippen LogP contribution in [0.2, 0.25) is 0 Å². The molecule has 1 amide bonds. The number of piperidine rings is 1. The van der Waals surface area contributed by atoms with Gasteiger partial charge in [-0.05, 0) is 39.4 Å². The maximum absolute atomic E-state index is 11.8. The van der Waals surface area contributed by atoms with E-state index in [0.29, 0.717) is 12.1 Å². The molecule has 2 fully saturated rings. The van der Waals surface area contributed by atoms with Crippen molar-refractivity contribution in [3.63, 3.8) is 0 Å². The van der Waals surface area contributed by atoms with Crippen molar-refractivity contribution in [3.8, 4) is 0 Å². The summed E-state index contributed by atoms with van der Waals surface area (Å²) in [4.78, 5) is 18.8. The Kier molecular flexibility index (Phi) is 5.19. The van der Waals surface area contributed by atoms with Gasteiger partial charge in [-0.3, -0.25) is 9.69 Å². The number of hydrogen-bond acceptors (Lipinski definition) is 4. The third kappa shape index (κ3) is 3.46. The first-order valence-electron chi connectivity index (χ1n) is 7.57. The van der Waals surface area contributed by atoms with Gasteiger partial charge in [-0.15, -0.1) is 0 Å². The number of hydrogen-bond donors (Lipinski definition) is 1. The van der Waals surface area contributed by atoms with Gasteiger partial charge in [0.05, 0.1) is 6.54 Å². The van der Waals surface area contributed by atoms with E-state index in [2.05, 4.69) is 23.8 Å². The second-order valence-electron chi connectivity index (χ2n) is 5.88. The minimum Gasteiger partial charge on any atom is -0.336 e. The first-order valence-corrected chi connectivity index (χ1v) is 7.57. The number of carbonyl (C=O) groups is 1. The number of amides is 1. The van der Waals surface area contributed by atoms with E-state index < -0.39 is 0 Å². The molecule has 110 valence electrons. The zero-order chi connectivity index (χ0) is 13.8. The average Bonchev–Trinajstić information content (AvgIpc) is 2.46. The molecule has 1 atom stereocenters. The number of carbonyl (C=O) groups excluding carboxylic acids is 1. The quantitative estimate of drug-likeness (QED) is 0.780. The molecule has 0 saturated carbocycles. The molecule has 2 aliphatic heterocycles. The van der Waals surface area contributed by atoms with Gasteiger partial charge in [-0.1, -0.05) is 6.92 Å². The molecule has 2 aliphatic rings. The monoisotopic (exact) mass is 268 g/mol. The van der Waals surface area contributed by atoms with Crippen molar-refractivity contribution in [2.45, 2.75) is 38.3 Å². The summed E-state index contributed by atoms with van der Waals surface area (Å²) >= 11 is 0. The second-order valence-corrected chi connectivity index (χ2v) is 5.88. The normalized spacial score (nSPS) is 27.7. The van der Waals surface area contributed by atoms with Gasteiger partial charge in [0.15, 0.2) is 0 Å². The predicted molar refractivity (Wildman–Crippen MR) is 76.9 cm³/mol. The summed E-state index contributed by atoms with van der Waals surface area (Å²) in [5, 5.41) is 0. The minimum absolute atomic E-state index is 0.106. The predicted octanol–water partition coefficient (Wildman–Crippen LogP) is -0.0379. The van der Waals surface area contributed by atoms with Gasteiger partial charge in [0.2, 0.25) is 5.91 Å². The first-order chi connectivity index (χ1) is 9.15. The molecule has 19 heavy (non-hydrogen) atoms. The van der Waals surface area contributed by atoms with Gasteiger partial charge < -0.3 is 15.5 Å². The van der Waals surface area contributed by atoms with Crippen LogP contribution in [0.4, 0.5) is 0 Å². The lowest BCUT2D eigenvalue weighted by Gasteiger charge is -2.46. The third-order valence-corrected chi connectivity index (χ3v) is 4.68. The van der Waals surface area contributed by atoms with Crippen LogP contribution in [0.1, 0.15) is 26.2 Å². The number of rotatable bonds is 3. The maximum atomic E-state index is 11.8. The number of nitrogens with two attached hydrogens (primary N) is 1. The Morgan fingerprint density at radius 2 is 1.89 bits per heavy atom. The average molecular weight is 268 g/mol. The summed E-state index contributed by atoms with van der Waals surface area (Å²) in [6.07, 6.45) is 3.55. The van der Waals surface area contributed by atoms with Crippen molar-refractivity contribution in [3.05, 3.63) is 0 Å². The van der Waals surface area contributed by atoms with Gasteiger partial charge in [0.1, 0.15) is 0 Å². The highest BCUT2D eigenvalue weighted by atomic mass is 16.2. The van der Waals surface area contributed by atoms with Crippen LogP contribution in [0.25, 0.3) is 0 Å². The minimum atomic E-state index is 0.106. The largest absolute Gasteiger partial charge is 0.336 e. The lowest BCUT2D eigenvalue weighted by molar-refractivity contribution is -0.135. The molecule has 0 radical (unpaired) electrons. The molecule has 0 aromatic rings. The molecule has 5 nitrogen and oxygen atoms in total. The van der Waals surface area contributed by atoms with E-state index in [1.54, 1.807) is 0 Å². The van der Waals surface area contributed by atoms with Crippen LogP contribution >= 0.6 is 0 Å². The Balaban J connectivity index is 1.91. The van der Waals surface area contributed by atoms with E-state index in [4.69, 9.17) is 5.73 Å². The number of piperazine rings is 1. The second kappa shape index (κ2) is 6.68. The summed E-state index contributed by atoms with van der Waals surface area (Å²) in [5.41, 5.74) is 5.50. The summed E-state index contributed by atoms with van der Waals surface area (Å²) in [7, 11) is 2.20. The van der Waals surface area contributed by atoms with Gasteiger partial charge in [0.25, 0.3) is 0 Å². The van der Waals surface area contributed by atoms with Crippen LogP contribution in [-0.2, 0) is 4.79 Å². The van der Waals surface area contributed by atoms with E-state index in [-0.39, 0.29) is 12.5 Å². The fourth-order valence-electron chi connectivity index (χ4n) is 3.37. The standard InChI is InChI=1S/C14H28N4O/c1-3-12-11-17(8-9-18(12)14(19)10-15)13-4-6-16(2)7-5-13/h12-13H,3-11,15H2,1-2H3. The Bertz CT molecular complexity index is 302. The molecule has 2 rings (SSSR count). The smallest absolute Gasteiger partial charge is 0.236 e. The van der Waals surface area contributed by atoms with Gasteiger partial charge >= 0.3 is 0 Å². The van der Waals surface area contributed by atoms with E-state index >= 15 is 0 Å². The summed E-state index contributed by atoms with van der Waals surface area (Å²) in [6, 6.07) is 1.06. The van der Waals surface area contributed by atoms with Crippen molar-refractivity contribution < 1.29 is 4.79 Å². The fourth-order valence-corrected chi connectivity index (χ4v) is 3.37. The van der Waals surface area contributed by atoms with Gasteiger partial charge in [-0.2, -0.15) is 0 Å². The molecular formula is C14H28N4O. The van der Waals surface area contributed by atoms with Gasteiger partial charge in [-0.25, -0.2) is 0 Å². The number of nitrogens with zero attached hydrogens (tertiary/aromatic N) is 3. The molecule has 0 aromatic carbocycles. The van der Waals surface area contributed by atoms with Crippen molar-refractivity contribution in [2.75, 3.05) is 46.3 Å². The van der Waals surface area contributed by atoms with Crippen LogP contribution in [0, 0.1) is 0 Å². The van der Waals surface area contributed by atoms with Crippen LogP contribution in [0.3, 0.4) is 0 Å². The zero-order valence-corrected chi connectivity index (χ0v) is 12.3. The molecule has 2 heterocycles. The van der Waals surface area contributed by atoms with E-state index in [1.165, 1.54) is 25.9 Å². The van der Waals surface area contributed by atoms with Crippen LogP contribution in [0.15, 0.2) is 0 Å². The molecule has 2 N–H and O–H groups in total. The molecule has 2 saturated heterocycles. The van der Waals surface area contributed by atoms with Gasteiger partial charge in [0, 0.05) is 31.7 Å². The SMILES string of the molecule is CCC1CN(C2CCN(C)CC2)CCN1C(=O)CN. The Hall–Kier alpha value is -0.650. The van der Waals surface area contributed by atoms with Crippen molar-refractivity contribution in [1.82, 2.24) is 14.7 Å². The van der Waals surface area contributed by atoms with Crippen LogP contribution < -0.4 is 5.73 Å². The van der Waals surface area contributed by atoms with Crippen molar-refractivity contribution in [1.29, 1.82) is 0 Å². The highest BCUT2D eigenvalue weighted by Gasteiger charge is 2.32. The topological polar surface area (TPSA) is 52.8 Å². The molecule has 1 unspecified atom stereocenters. The summed E-state index contributed by atoms with van der Waals surface area (Å²) in [6.45, 7) is 7.59. The first kappa shape index (κ1) is 14.8. The summed E-state index contributed by atoms with van der Waals surface area (Å²) < 4.78 is 0. The Labute approximate surface area is 116 Å². The molecule has 0 bridgehead atoms. The Morgan fingerprint density at radius 1 is 1.21 bits per heavy atom. The van der Waals surface area contributed by atoms with Crippen molar-refractivity contribution >= 4 is 5.91 Å². The highest BCUT2D eigenvalue weighted by Crippen LogP contribution is 2.21. The molecule has 0 aromatic heterocycles. The molecule has 5 heteroatoms. The van der Waals surface area contributed by atoms with Crippen LogP contribution in [0.5, 0.6) is 0 Å².